The van der Waals surface area contributed by atoms with Crippen molar-refractivity contribution in [1.29, 1.82) is 0 Å². The molecular formula is C16H19N5O2. The number of aliphatic hydroxyl groups excluding tert-OH is 1. The van der Waals surface area contributed by atoms with Gasteiger partial charge in [0.2, 0.25) is 0 Å². The van der Waals surface area contributed by atoms with E-state index in [1.54, 1.807) is 23.1 Å². The van der Waals surface area contributed by atoms with Crippen LogP contribution in [-0.4, -0.2) is 51.0 Å². The zero-order chi connectivity index (χ0) is 16.2. The molecule has 2 aromatic heterocycles. The number of aromatic nitrogens is 4. The maximum Gasteiger partial charge on any atom is 0.181 e. The second kappa shape index (κ2) is 6.62. The Morgan fingerprint density at radius 2 is 2.17 bits per heavy atom. The van der Waals surface area contributed by atoms with E-state index in [0.717, 1.165) is 24.4 Å². The van der Waals surface area contributed by atoms with Gasteiger partial charge < -0.3 is 14.7 Å². The van der Waals surface area contributed by atoms with Crippen LogP contribution >= 0.6 is 0 Å². The van der Waals surface area contributed by atoms with Crippen LogP contribution in [0.5, 0.6) is 0 Å². The Morgan fingerprint density at radius 3 is 2.87 bits per heavy atom. The Kier molecular flexibility index (Phi) is 4.38. The van der Waals surface area contributed by atoms with Crippen molar-refractivity contribution in [3.63, 3.8) is 0 Å². The highest BCUT2D eigenvalue weighted by Crippen LogP contribution is 2.23. The molecule has 23 heavy (non-hydrogen) atoms. The molecule has 7 nitrogen and oxygen atoms in total. The van der Waals surface area contributed by atoms with Gasteiger partial charge in [0.05, 0.1) is 19.4 Å². The molecule has 3 rings (SSSR count). The van der Waals surface area contributed by atoms with Gasteiger partial charge in [0, 0.05) is 18.7 Å². The van der Waals surface area contributed by atoms with Crippen molar-refractivity contribution >= 4 is 16.9 Å². The molecule has 2 aromatic rings. The monoisotopic (exact) mass is 313 g/mol. The molecule has 1 aliphatic heterocycles. The minimum Gasteiger partial charge on any atom is -0.508 e. The summed E-state index contributed by atoms with van der Waals surface area (Å²) >= 11 is 0. The normalized spacial score (nSPS) is 16.8. The number of fused-ring (bicyclic) bond motifs is 1. The molecule has 3 heterocycles. The molecule has 1 saturated heterocycles. The van der Waals surface area contributed by atoms with Crippen LogP contribution in [0.4, 0.5) is 5.82 Å². The third-order valence-electron chi connectivity index (χ3n) is 3.66. The fourth-order valence-electron chi connectivity index (χ4n) is 2.44. The molecule has 0 radical (unpaired) electrons. The molecule has 0 spiro atoms. The maximum absolute atomic E-state index is 9.71. The number of allylic oxidation sites excluding steroid dienone is 4. The Hall–Kier alpha value is -2.67. The van der Waals surface area contributed by atoms with Crippen molar-refractivity contribution in [2.45, 2.75) is 6.92 Å². The Bertz CT molecular complexity index is 772. The lowest BCUT2D eigenvalue weighted by Crippen LogP contribution is -2.37. The van der Waals surface area contributed by atoms with E-state index < -0.39 is 0 Å². The number of nitrogens with zero attached hydrogens (tertiary/aromatic N) is 5. The van der Waals surface area contributed by atoms with E-state index in [2.05, 4.69) is 21.6 Å². The molecule has 0 amide bonds. The average molecular weight is 313 g/mol. The molecular weight excluding hydrogens is 294 g/mol. The van der Waals surface area contributed by atoms with Crippen molar-refractivity contribution in [2.24, 2.45) is 0 Å². The molecule has 0 aliphatic carbocycles. The molecule has 120 valence electrons. The number of anilines is 1. The largest absolute Gasteiger partial charge is 0.508 e. The number of ether oxygens (including phenoxy) is 1. The lowest BCUT2D eigenvalue weighted by molar-refractivity contribution is 0.122. The van der Waals surface area contributed by atoms with Crippen LogP contribution in [0, 0.1) is 0 Å². The van der Waals surface area contributed by atoms with E-state index in [4.69, 9.17) is 9.72 Å². The molecule has 0 atom stereocenters. The zero-order valence-electron chi connectivity index (χ0n) is 13.0. The maximum atomic E-state index is 9.71. The first-order valence-corrected chi connectivity index (χ1v) is 7.46. The molecule has 1 fully saturated rings. The highest BCUT2D eigenvalue weighted by Gasteiger charge is 2.18. The van der Waals surface area contributed by atoms with E-state index in [0.29, 0.717) is 24.6 Å². The number of rotatable bonds is 4. The van der Waals surface area contributed by atoms with Gasteiger partial charge in [-0.1, -0.05) is 12.7 Å². The van der Waals surface area contributed by atoms with Crippen LogP contribution in [0.1, 0.15) is 12.7 Å². The van der Waals surface area contributed by atoms with Gasteiger partial charge in [0.1, 0.15) is 17.6 Å². The molecule has 0 unspecified atom stereocenters. The van der Waals surface area contributed by atoms with Crippen LogP contribution in [0.2, 0.25) is 0 Å². The Labute approximate surface area is 134 Å². The topological polar surface area (TPSA) is 75.8 Å². The lowest BCUT2D eigenvalue weighted by Gasteiger charge is -2.28. The summed E-state index contributed by atoms with van der Waals surface area (Å²) in [6, 6.07) is 0. The standard InChI is InChI=1S/C16H19N5O2/c1-3-12(9-13(22)4-2)15-18-16(20-5-7-23-8-6-20)14-10-17-11-21(14)19-15/h3-4,9-11,22H,2,5-8H2,1H3/b12-3+,13-9+. The average Bonchev–Trinajstić information content (AvgIpc) is 3.07. The predicted octanol–water partition coefficient (Wildman–Crippen LogP) is 1.99. The second-order valence-corrected chi connectivity index (χ2v) is 5.10. The zero-order valence-corrected chi connectivity index (χ0v) is 13.0. The molecule has 0 aromatic carbocycles. The molecule has 0 bridgehead atoms. The first-order valence-electron chi connectivity index (χ1n) is 7.46. The smallest absolute Gasteiger partial charge is 0.181 e. The van der Waals surface area contributed by atoms with Crippen molar-refractivity contribution in [3.05, 3.63) is 48.9 Å². The first kappa shape index (κ1) is 15.2. The second-order valence-electron chi connectivity index (χ2n) is 5.10. The minimum absolute atomic E-state index is 0.0698. The van der Waals surface area contributed by atoms with Crippen LogP contribution in [0.15, 0.2) is 43.1 Å². The van der Waals surface area contributed by atoms with Crippen molar-refractivity contribution in [3.8, 4) is 0 Å². The van der Waals surface area contributed by atoms with E-state index in [1.807, 2.05) is 13.0 Å². The van der Waals surface area contributed by atoms with E-state index in [-0.39, 0.29) is 5.76 Å². The first-order chi connectivity index (χ1) is 11.2. The van der Waals surface area contributed by atoms with Gasteiger partial charge in [0.15, 0.2) is 11.6 Å². The lowest BCUT2D eigenvalue weighted by atomic mass is 10.2. The number of aliphatic hydroxyl groups is 1. The minimum atomic E-state index is 0.0698. The summed E-state index contributed by atoms with van der Waals surface area (Å²) in [6.45, 7) is 8.32. The van der Waals surface area contributed by atoms with Crippen molar-refractivity contribution < 1.29 is 9.84 Å². The molecule has 0 saturated carbocycles. The van der Waals surface area contributed by atoms with Crippen LogP contribution in [0.3, 0.4) is 0 Å². The van der Waals surface area contributed by atoms with Gasteiger partial charge >= 0.3 is 0 Å². The van der Waals surface area contributed by atoms with E-state index in [1.165, 1.54) is 6.08 Å². The van der Waals surface area contributed by atoms with Crippen molar-refractivity contribution in [1.82, 2.24) is 19.6 Å². The number of hydrogen-bond acceptors (Lipinski definition) is 6. The Morgan fingerprint density at radius 1 is 1.39 bits per heavy atom. The van der Waals surface area contributed by atoms with Gasteiger partial charge in [-0.15, -0.1) is 5.10 Å². The Balaban J connectivity index is 2.09. The van der Waals surface area contributed by atoms with Crippen LogP contribution in [-0.2, 0) is 4.74 Å². The summed E-state index contributed by atoms with van der Waals surface area (Å²) in [5, 5.41) is 14.2. The molecule has 1 aliphatic rings. The molecule has 7 heteroatoms. The fourth-order valence-corrected chi connectivity index (χ4v) is 2.44. The number of hydrogen-bond donors (Lipinski definition) is 1. The highest BCUT2D eigenvalue weighted by molar-refractivity contribution is 5.74. The third-order valence-corrected chi connectivity index (χ3v) is 3.66. The summed E-state index contributed by atoms with van der Waals surface area (Å²) in [4.78, 5) is 11.0. The van der Waals surface area contributed by atoms with Gasteiger partial charge in [-0.25, -0.2) is 14.5 Å². The summed E-state index contributed by atoms with van der Waals surface area (Å²) in [5.41, 5.74) is 1.57. The fraction of sp³-hybridized carbons (Fsp3) is 0.312. The quantitative estimate of drug-likeness (QED) is 0.687. The third kappa shape index (κ3) is 3.09. The summed E-state index contributed by atoms with van der Waals surface area (Å²) in [6.07, 6.45) is 8.22. The predicted molar refractivity (Wildman–Crippen MR) is 88.4 cm³/mol. The van der Waals surface area contributed by atoms with E-state index >= 15 is 0 Å². The summed E-state index contributed by atoms with van der Waals surface area (Å²) in [7, 11) is 0. The SMILES string of the molecule is C=C/C(O)=C\C(=C/C)c1nc(N2CCOCC2)c2cncn2n1. The summed E-state index contributed by atoms with van der Waals surface area (Å²) in [5.74, 6) is 1.41. The molecule has 1 N–H and O–H groups in total. The highest BCUT2D eigenvalue weighted by atomic mass is 16.5. The number of imidazole rings is 1. The van der Waals surface area contributed by atoms with Gasteiger partial charge in [0.25, 0.3) is 0 Å². The van der Waals surface area contributed by atoms with Crippen molar-refractivity contribution in [2.75, 3.05) is 31.2 Å². The number of morpholine rings is 1. The van der Waals surface area contributed by atoms with Gasteiger partial charge in [-0.3, -0.25) is 0 Å². The van der Waals surface area contributed by atoms with Gasteiger partial charge in [-0.05, 0) is 19.1 Å². The van der Waals surface area contributed by atoms with Crippen LogP contribution in [0.25, 0.3) is 11.1 Å². The van der Waals surface area contributed by atoms with Crippen LogP contribution < -0.4 is 4.90 Å². The van der Waals surface area contributed by atoms with Gasteiger partial charge in [-0.2, -0.15) is 0 Å². The van der Waals surface area contributed by atoms with E-state index in [9.17, 15) is 5.11 Å². The summed E-state index contributed by atoms with van der Waals surface area (Å²) < 4.78 is 7.11.